The van der Waals surface area contributed by atoms with Crippen molar-refractivity contribution in [3.8, 4) is 5.75 Å². The van der Waals surface area contributed by atoms with Gasteiger partial charge in [0.25, 0.3) is 0 Å². The summed E-state index contributed by atoms with van der Waals surface area (Å²) in [6.07, 6.45) is -2.66. The molecule has 2 nitrogen and oxygen atoms in total. The number of benzene rings is 2. The highest BCUT2D eigenvalue weighted by molar-refractivity contribution is 5.83. The van der Waals surface area contributed by atoms with E-state index in [0.717, 1.165) is 28.1 Å². The number of alkyl halides is 3. The Morgan fingerprint density at radius 1 is 1.09 bits per heavy atom. The molecule has 0 aliphatic heterocycles. The zero-order valence-corrected chi connectivity index (χ0v) is 11.9. The maximum Gasteiger partial charge on any atom is 0.419 e. The summed E-state index contributed by atoms with van der Waals surface area (Å²) in [4.78, 5) is 3.11. The van der Waals surface area contributed by atoms with Crippen LogP contribution in [0.4, 0.5) is 13.2 Å². The van der Waals surface area contributed by atoms with E-state index in [-0.39, 0.29) is 12.4 Å². The number of hydrogen-bond donors (Lipinski definition) is 1. The van der Waals surface area contributed by atoms with Gasteiger partial charge < -0.3 is 9.72 Å². The van der Waals surface area contributed by atoms with Crippen LogP contribution in [0.5, 0.6) is 5.75 Å². The topological polar surface area (TPSA) is 25.0 Å². The molecule has 0 radical (unpaired) electrons. The normalized spacial score (nSPS) is 11.8. The van der Waals surface area contributed by atoms with Crippen LogP contribution in [0, 0.1) is 6.92 Å². The molecule has 1 N–H and O–H groups in total. The molecule has 0 aliphatic rings. The van der Waals surface area contributed by atoms with Gasteiger partial charge in [0.15, 0.2) is 0 Å². The smallest absolute Gasteiger partial charge is 0.419 e. The van der Waals surface area contributed by atoms with Crippen molar-refractivity contribution < 1.29 is 17.9 Å². The van der Waals surface area contributed by atoms with Crippen molar-refractivity contribution in [2.45, 2.75) is 19.7 Å². The molecule has 0 saturated heterocycles. The van der Waals surface area contributed by atoms with Crippen molar-refractivity contribution in [1.82, 2.24) is 4.98 Å². The largest absolute Gasteiger partial charge is 0.488 e. The molecular formula is C17H14F3NO. The number of fused-ring (bicyclic) bond motifs is 1. The molecule has 3 aromatic rings. The lowest BCUT2D eigenvalue weighted by atomic mass is 10.1. The first kappa shape index (κ1) is 14.5. The van der Waals surface area contributed by atoms with Crippen LogP contribution in [-0.2, 0) is 12.8 Å². The number of aromatic nitrogens is 1. The highest BCUT2D eigenvalue weighted by atomic mass is 19.4. The van der Waals surface area contributed by atoms with Gasteiger partial charge in [0.05, 0.1) is 5.56 Å². The molecule has 0 bridgehead atoms. The number of aromatic amines is 1. The molecule has 0 aliphatic carbocycles. The third-order valence-corrected chi connectivity index (χ3v) is 3.50. The van der Waals surface area contributed by atoms with Crippen LogP contribution in [0.2, 0.25) is 0 Å². The Bertz CT molecular complexity index is 805. The van der Waals surface area contributed by atoms with Crippen molar-refractivity contribution in [2.24, 2.45) is 0 Å². The zero-order valence-electron chi connectivity index (χ0n) is 11.9. The summed E-state index contributed by atoms with van der Waals surface area (Å²) in [5.41, 5.74) is 2.13. The molecule has 22 heavy (non-hydrogen) atoms. The van der Waals surface area contributed by atoms with E-state index in [9.17, 15) is 13.2 Å². The van der Waals surface area contributed by atoms with Gasteiger partial charge in [0.2, 0.25) is 0 Å². The summed E-state index contributed by atoms with van der Waals surface area (Å²) in [5.74, 6) is -0.156. The second-order valence-corrected chi connectivity index (χ2v) is 5.15. The van der Waals surface area contributed by atoms with E-state index in [1.165, 1.54) is 18.2 Å². The molecule has 0 amide bonds. The Kier molecular flexibility index (Phi) is 3.56. The molecule has 1 aromatic heterocycles. The van der Waals surface area contributed by atoms with E-state index in [0.29, 0.717) is 0 Å². The third-order valence-electron chi connectivity index (χ3n) is 3.50. The Morgan fingerprint density at radius 3 is 2.64 bits per heavy atom. The summed E-state index contributed by atoms with van der Waals surface area (Å²) in [6, 6.07) is 11.1. The molecular weight excluding hydrogens is 291 g/mol. The first-order valence-electron chi connectivity index (χ1n) is 6.81. The van der Waals surface area contributed by atoms with Gasteiger partial charge in [-0.05, 0) is 30.7 Å². The van der Waals surface area contributed by atoms with Gasteiger partial charge in [0.1, 0.15) is 12.4 Å². The number of nitrogens with one attached hydrogen (secondary N) is 1. The standard InChI is InChI=1S/C17H14F3NO/c1-11-6-7-13-12(9-21-15(13)8-11)10-22-16-5-3-2-4-14(16)17(18,19)20/h2-9,21H,10H2,1H3. The van der Waals surface area contributed by atoms with Crippen molar-refractivity contribution in [3.63, 3.8) is 0 Å². The lowest BCUT2D eigenvalue weighted by molar-refractivity contribution is -0.139. The van der Waals surface area contributed by atoms with E-state index >= 15 is 0 Å². The highest BCUT2D eigenvalue weighted by Gasteiger charge is 2.34. The maximum absolute atomic E-state index is 12.9. The van der Waals surface area contributed by atoms with Gasteiger partial charge in [-0.25, -0.2) is 0 Å². The Balaban J connectivity index is 1.86. The van der Waals surface area contributed by atoms with Gasteiger partial charge >= 0.3 is 6.18 Å². The average molecular weight is 305 g/mol. The fourth-order valence-electron chi connectivity index (χ4n) is 2.40. The summed E-state index contributed by atoms with van der Waals surface area (Å²) in [5, 5.41) is 0.954. The summed E-state index contributed by atoms with van der Waals surface area (Å²) >= 11 is 0. The van der Waals surface area contributed by atoms with E-state index in [1.807, 2.05) is 25.1 Å². The lowest BCUT2D eigenvalue weighted by Gasteiger charge is -2.13. The van der Waals surface area contributed by atoms with Crippen LogP contribution in [0.1, 0.15) is 16.7 Å². The van der Waals surface area contributed by atoms with Gasteiger partial charge in [-0.1, -0.05) is 24.3 Å². The van der Waals surface area contributed by atoms with Crippen LogP contribution in [0.3, 0.4) is 0 Å². The second kappa shape index (κ2) is 5.40. The van der Waals surface area contributed by atoms with Crippen LogP contribution in [0.25, 0.3) is 10.9 Å². The Morgan fingerprint density at radius 2 is 1.86 bits per heavy atom. The summed E-state index contributed by atoms with van der Waals surface area (Å²) in [6.45, 7) is 2.06. The fourth-order valence-corrected chi connectivity index (χ4v) is 2.40. The van der Waals surface area contributed by atoms with Crippen LogP contribution in [0.15, 0.2) is 48.7 Å². The third kappa shape index (κ3) is 2.79. The number of aryl methyl sites for hydroxylation is 1. The number of halogens is 3. The molecule has 0 saturated carbocycles. The van der Waals surface area contributed by atoms with E-state index in [4.69, 9.17) is 4.74 Å². The number of ether oxygens (including phenoxy) is 1. The number of H-pyrrole nitrogens is 1. The molecule has 2 aromatic carbocycles. The minimum absolute atomic E-state index is 0.0795. The van der Waals surface area contributed by atoms with Gasteiger partial charge in [-0.3, -0.25) is 0 Å². The fraction of sp³-hybridized carbons (Fsp3) is 0.176. The van der Waals surface area contributed by atoms with Gasteiger partial charge in [0, 0.05) is 22.7 Å². The second-order valence-electron chi connectivity index (χ2n) is 5.15. The first-order chi connectivity index (χ1) is 10.4. The quantitative estimate of drug-likeness (QED) is 0.717. The number of para-hydroxylation sites is 1. The average Bonchev–Trinajstić information content (AvgIpc) is 2.86. The van der Waals surface area contributed by atoms with Gasteiger partial charge in [-0.15, -0.1) is 0 Å². The minimum Gasteiger partial charge on any atom is -0.488 e. The van der Waals surface area contributed by atoms with Gasteiger partial charge in [-0.2, -0.15) is 13.2 Å². The molecule has 5 heteroatoms. The molecule has 0 atom stereocenters. The van der Waals surface area contributed by atoms with Crippen molar-refractivity contribution in [3.05, 3.63) is 65.4 Å². The van der Waals surface area contributed by atoms with Crippen molar-refractivity contribution in [2.75, 3.05) is 0 Å². The van der Waals surface area contributed by atoms with Crippen LogP contribution in [-0.4, -0.2) is 4.98 Å². The molecule has 0 unspecified atom stereocenters. The SMILES string of the molecule is Cc1ccc2c(COc3ccccc3C(F)(F)F)c[nH]c2c1. The van der Waals surface area contributed by atoms with Crippen molar-refractivity contribution in [1.29, 1.82) is 0 Å². The maximum atomic E-state index is 12.9. The Hall–Kier alpha value is -2.43. The molecule has 0 fully saturated rings. The zero-order chi connectivity index (χ0) is 15.7. The summed E-state index contributed by atoms with van der Waals surface area (Å²) in [7, 11) is 0. The highest BCUT2D eigenvalue weighted by Crippen LogP contribution is 2.36. The predicted octanol–water partition coefficient (Wildman–Crippen LogP) is 5.07. The number of hydrogen-bond acceptors (Lipinski definition) is 1. The van der Waals surface area contributed by atoms with E-state index < -0.39 is 11.7 Å². The molecule has 114 valence electrons. The monoisotopic (exact) mass is 305 g/mol. The van der Waals surface area contributed by atoms with Crippen molar-refractivity contribution >= 4 is 10.9 Å². The minimum atomic E-state index is -4.42. The van der Waals surface area contributed by atoms with E-state index in [1.54, 1.807) is 6.20 Å². The molecule has 0 spiro atoms. The number of rotatable bonds is 3. The predicted molar refractivity (Wildman–Crippen MR) is 78.8 cm³/mol. The lowest BCUT2D eigenvalue weighted by Crippen LogP contribution is -2.08. The van der Waals surface area contributed by atoms with Crippen LogP contribution < -0.4 is 4.74 Å². The molecule has 1 heterocycles. The van der Waals surface area contributed by atoms with Crippen LogP contribution >= 0.6 is 0 Å². The molecule has 3 rings (SSSR count). The van der Waals surface area contributed by atoms with E-state index in [2.05, 4.69) is 4.98 Å². The Labute approximate surface area is 125 Å². The first-order valence-corrected chi connectivity index (χ1v) is 6.81. The summed E-state index contributed by atoms with van der Waals surface area (Å²) < 4.78 is 44.2.